The van der Waals surface area contributed by atoms with E-state index < -0.39 is 11.8 Å². The Balaban J connectivity index is 2.12. The summed E-state index contributed by atoms with van der Waals surface area (Å²) in [5.41, 5.74) is 0.779. The molecule has 1 atom stereocenters. The molecule has 1 unspecified atom stereocenters. The molecule has 0 saturated heterocycles. The highest BCUT2D eigenvalue weighted by Gasteiger charge is 2.28. The van der Waals surface area contributed by atoms with Gasteiger partial charge in [-0.15, -0.1) is 11.8 Å². The first-order valence-electron chi connectivity index (χ1n) is 6.62. The second kappa shape index (κ2) is 6.76. The third kappa shape index (κ3) is 3.13. The van der Waals surface area contributed by atoms with E-state index in [4.69, 9.17) is 5.11 Å². The summed E-state index contributed by atoms with van der Waals surface area (Å²) >= 11 is 1.68. The fourth-order valence-electron chi connectivity index (χ4n) is 2.03. The minimum Gasteiger partial charge on any atom is -0.394 e. The van der Waals surface area contributed by atoms with E-state index in [0.29, 0.717) is 13.0 Å². The molecule has 0 aromatic heterocycles. The summed E-state index contributed by atoms with van der Waals surface area (Å²) in [5.74, 6) is -0.454. The monoisotopic (exact) mass is 294 g/mol. The van der Waals surface area contributed by atoms with Crippen LogP contribution in [0.1, 0.15) is 13.3 Å². The summed E-state index contributed by atoms with van der Waals surface area (Å²) in [6, 6.07) is 7.18. The van der Waals surface area contributed by atoms with Crippen LogP contribution < -0.4 is 10.2 Å². The molecule has 108 valence electrons. The van der Waals surface area contributed by atoms with Crippen LogP contribution in [-0.2, 0) is 9.59 Å². The number of nitrogens with zero attached hydrogens (tertiary/aromatic N) is 1. The lowest BCUT2D eigenvalue weighted by atomic mass is 10.2. The van der Waals surface area contributed by atoms with Crippen molar-refractivity contribution < 1.29 is 14.7 Å². The van der Waals surface area contributed by atoms with Crippen LogP contribution in [0.4, 0.5) is 5.69 Å². The summed E-state index contributed by atoms with van der Waals surface area (Å²) in [5, 5.41) is 11.6. The van der Waals surface area contributed by atoms with Crippen molar-refractivity contribution in [1.29, 1.82) is 0 Å². The predicted octanol–water partition coefficient (Wildman–Crippen LogP) is 1.01. The SMILES string of the molecule is CCC(CO)NC(=O)C(=O)N1CCSc2ccccc21. The number of carbonyl (C=O) groups is 2. The Morgan fingerprint density at radius 2 is 2.20 bits per heavy atom. The van der Waals surface area contributed by atoms with Gasteiger partial charge in [0.1, 0.15) is 0 Å². The molecule has 0 aliphatic carbocycles. The number of thioether (sulfide) groups is 1. The molecule has 1 aromatic rings. The molecule has 1 aromatic carbocycles. The van der Waals surface area contributed by atoms with Crippen LogP contribution in [0.15, 0.2) is 29.2 Å². The lowest BCUT2D eigenvalue weighted by molar-refractivity contribution is -0.138. The van der Waals surface area contributed by atoms with Crippen molar-refractivity contribution in [2.45, 2.75) is 24.3 Å². The van der Waals surface area contributed by atoms with Gasteiger partial charge >= 0.3 is 11.8 Å². The van der Waals surface area contributed by atoms with E-state index >= 15 is 0 Å². The van der Waals surface area contributed by atoms with Crippen LogP contribution in [0.25, 0.3) is 0 Å². The normalized spacial score (nSPS) is 15.4. The van der Waals surface area contributed by atoms with E-state index in [0.717, 1.165) is 16.3 Å². The second-order valence-electron chi connectivity index (χ2n) is 4.53. The van der Waals surface area contributed by atoms with Gasteiger partial charge < -0.3 is 15.3 Å². The first-order valence-corrected chi connectivity index (χ1v) is 7.61. The van der Waals surface area contributed by atoms with Gasteiger partial charge in [0.2, 0.25) is 0 Å². The maximum absolute atomic E-state index is 12.3. The van der Waals surface area contributed by atoms with Crippen LogP contribution in [0.2, 0.25) is 0 Å². The molecule has 20 heavy (non-hydrogen) atoms. The van der Waals surface area contributed by atoms with Crippen molar-refractivity contribution >= 4 is 29.3 Å². The molecule has 0 fully saturated rings. The van der Waals surface area contributed by atoms with E-state index in [1.165, 1.54) is 4.90 Å². The molecule has 2 rings (SSSR count). The number of fused-ring (bicyclic) bond motifs is 1. The summed E-state index contributed by atoms with van der Waals surface area (Å²) < 4.78 is 0. The van der Waals surface area contributed by atoms with Crippen LogP contribution in [0, 0.1) is 0 Å². The largest absolute Gasteiger partial charge is 0.394 e. The Hall–Kier alpha value is -1.53. The van der Waals surface area contributed by atoms with Crippen molar-refractivity contribution in [1.82, 2.24) is 5.32 Å². The van der Waals surface area contributed by atoms with Gasteiger partial charge in [-0.3, -0.25) is 9.59 Å². The zero-order valence-corrected chi connectivity index (χ0v) is 12.2. The minimum absolute atomic E-state index is 0.165. The number of anilines is 1. The lowest BCUT2D eigenvalue weighted by Gasteiger charge is -2.28. The molecule has 0 bridgehead atoms. The first-order chi connectivity index (χ1) is 9.67. The number of carbonyl (C=O) groups excluding carboxylic acids is 2. The van der Waals surface area contributed by atoms with Crippen molar-refractivity contribution in [2.75, 3.05) is 23.8 Å². The van der Waals surface area contributed by atoms with Gasteiger partial charge in [-0.25, -0.2) is 0 Å². The van der Waals surface area contributed by atoms with E-state index in [1.807, 2.05) is 31.2 Å². The number of rotatable bonds is 3. The number of para-hydroxylation sites is 1. The number of nitrogens with one attached hydrogen (secondary N) is 1. The Morgan fingerprint density at radius 1 is 1.45 bits per heavy atom. The fraction of sp³-hybridized carbons (Fsp3) is 0.429. The average Bonchev–Trinajstić information content (AvgIpc) is 2.51. The smallest absolute Gasteiger partial charge is 0.316 e. The van der Waals surface area contributed by atoms with Crippen molar-refractivity contribution in [3.63, 3.8) is 0 Å². The quantitative estimate of drug-likeness (QED) is 0.816. The molecule has 1 aliphatic heterocycles. The Bertz CT molecular complexity index is 503. The van der Waals surface area contributed by atoms with Gasteiger partial charge in [0.05, 0.1) is 18.3 Å². The highest BCUT2D eigenvalue weighted by atomic mass is 32.2. The maximum Gasteiger partial charge on any atom is 0.316 e. The molecular formula is C14H18N2O3S. The zero-order valence-electron chi connectivity index (χ0n) is 11.3. The molecule has 1 heterocycles. The Kier molecular flexibility index (Phi) is 5.03. The number of aliphatic hydroxyl groups excluding tert-OH is 1. The second-order valence-corrected chi connectivity index (χ2v) is 5.67. The van der Waals surface area contributed by atoms with E-state index in [9.17, 15) is 9.59 Å². The number of hydrogen-bond acceptors (Lipinski definition) is 4. The maximum atomic E-state index is 12.3. The summed E-state index contributed by atoms with van der Waals surface area (Å²) in [6.07, 6.45) is 0.585. The Morgan fingerprint density at radius 3 is 2.90 bits per heavy atom. The topological polar surface area (TPSA) is 69.6 Å². The van der Waals surface area contributed by atoms with Gasteiger partial charge in [0.15, 0.2) is 0 Å². The molecule has 0 saturated carbocycles. The van der Waals surface area contributed by atoms with Gasteiger partial charge in [-0.2, -0.15) is 0 Å². The van der Waals surface area contributed by atoms with Crippen LogP contribution in [-0.4, -0.2) is 41.9 Å². The average molecular weight is 294 g/mol. The zero-order chi connectivity index (χ0) is 14.5. The third-order valence-electron chi connectivity index (χ3n) is 3.22. The van der Waals surface area contributed by atoms with E-state index in [2.05, 4.69) is 5.32 Å². The molecule has 1 aliphatic rings. The number of benzene rings is 1. The van der Waals surface area contributed by atoms with Crippen LogP contribution in [0.3, 0.4) is 0 Å². The summed E-state index contributed by atoms with van der Waals surface area (Å²) in [4.78, 5) is 26.7. The van der Waals surface area contributed by atoms with Gasteiger partial charge in [0, 0.05) is 17.2 Å². The number of aliphatic hydroxyl groups is 1. The summed E-state index contributed by atoms with van der Waals surface area (Å²) in [6.45, 7) is 2.20. The molecule has 0 spiro atoms. The molecule has 6 heteroatoms. The number of hydrogen-bond donors (Lipinski definition) is 2. The van der Waals surface area contributed by atoms with E-state index in [-0.39, 0.29) is 12.6 Å². The van der Waals surface area contributed by atoms with Crippen molar-refractivity contribution in [3.8, 4) is 0 Å². The Labute approximate surface area is 122 Å². The highest BCUT2D eigenvalue weighted by Crippen LogP contribution is 2.34. The first kappa shape index (κ1) is 14.9. The minimum atomic E-state index is -0.660. The van der Waals surface area contributed by atoms with Crippen LogP contribution in [0.5, 0.6) is 0 Å². The molecule has 5 nitrogen and oxygen atoms in total. The van der Waals surface area contributed by atoms with Crippen LogP contribution >= 0.6 is 11.8 Å². The van der Waals surface area contributed by atoms with Crippen molar-refractivity contribution in [3.05, 3.63) is 24.3 Å². The standard InChI is InChI=1S/C14H18N2O3S/c1-2-10(9-17)15-13(18)14(19)16-7-8-20-12-6-4-3-5-11(12)16/h3-6,10,17H,2,7-9H2,1H3,(H,15,18). The highest BCUT2D eigenvalue weighted by molar-refractivity contribution is 7.99. The third-order valence-corrected chi connectivity index (χ3v) is 4.26. The lowest BCUT2D eigenvalue weighted by Crippen LogP contribution is -2.49. The molecule has 2 amide bonds. The van der Waals surface area contributed by atoms with Gasteiger partial charge in [0.25, 0.3) is 0 Å². The number of amides is 2. The fourth-order valence-corrected chi connectivity index (χ4v) is 3.02. The summed E-state index contributed by atoms with van der Waals surface area (Å²) in [7, 11) is 0. The van der Waals surface area contributed by atoms with Gasteiger partial charge in [-0.1, -0.05) is 19.1 Å². The molecular weight excluding hydrogens is 276 g/mol. The molecule has 2 N–H and O–H groups in total. The predicted molar refractivity (Wildman–Crippen MR) is 78.8 cm³/mol. The van der Waals surface area contributed by atoms with Gasteiger partial charge in [-0.05, 0) is 18.6 Å². The molecule has 0 radical (unpaired) electrons. The van der Waals surface area contributed by atoms with Crippen molar-refractivity contribution in [2.24, 2.45) is 0 Å². The van der Waals surface area contributed by atoms with E-state index in [1.54, 1.807) is 11.8 Å².